The van der Waals surface area contributed by atoms with E-state index in [1.54, 1.807) is 18.9 Å². The average molecular weight is 585 g/mol. The second-order valence-electron chi connectivity index (χ2n) is 9.27. The second-order valence-corrected chi connectivity index (χ2v) is 11.5. The van der Waals surface area contributed by atoms with Crippen LogP contribution in [0, 0.1) is 11.6 Å². The third-order valence-corrected chi connectivity index (χ3v) is 9.00. The quantitative estimate of drug-likeness (QED) is 0.402. The lowest BCUT2D eigenvalue weighted by Crippen LogP contribution is -2.70. The molecule has 2 aliphatic heterocycles. The van der Waals surface area contributed by atoms with Crippen molar-refractivity contribution in [2.24, 2.45) is 0 Å². The summed E-state index contributed by atoms with van der Waals surface area (Å²) in [6, 6.07) is 2.83. The summed E-state index contributed by atoms with van der Waals surface area (Å²) in [5.74, 6) is -4.29. The van der Waals surface area contributed by atoms with Crippen LogP contribution in [-0.4, -0.2) is 78.3 Å². The number of hydrogen-bond donors (Lipinski definition) is 2. The molecule has 2 N–H and O–H groups in total. The number of carbonyl (C=O) groups excluding carboxylic acids is 2. The number of ether oxygens (including phenoxy) is 1. The van der Waals surface area contributed by atoms with Gasteiger partial charge >= 0.3 is 7.60 Å². The summed E-state index contributed by atoms with van der Waals surface area (Å²) in [6.07, 6.45) is 1.32. The number of likely N-dealkylation sites (N-methyl/N-ethyl adjacent to an activating group) is 1. The van der Waals surface area contributed by atoms with Gasteiger partial charge in [0.2, 0.25) is 5.43 Å². The number of rotatable bonds is 10. The summed E-state index contributed by atoms with van der Waals surface area (Å²) in [5, 5.41) is 14.8. The number of nitrogens with zero attached hydrogens (tertiary/aromatic N) is 3. The van der Waals surface area contributed by atoms with Crippen molar-refractivity contribution in [3.63, 3.8) is 0 Å². The molecule has 15 heteroatoms. The molecule has 0 saturated carbocycles. The van der Waals surface area contributed by atoms with E-state index < -0.39 is 59.1 Å². The molecule has 2 aliphatic rings. The maximum Gasteiger partial charge on any atom is 0.332 e. The van der Waals surface area contributed by atoms with E-state index in [2.05, 4.69) is 5.32 Å². The van der Waals surface area contributed by atoms with Gasteiger partial charge in [0, 0.05) is 44.4 Å². The largest absolute Gasteiger partial charge is 0.502 e. The van der Waals surface area contributed by atoms with E-state index in [1.165, 1.54) is 16.6 Å². The number of nitrogens with one attached hydrogen (secondary N) is 1. The third-order valence-electron chi connectivity index (χ3n) is 6.95. The Labute approximate surface area is 228 Å². The topological polar surface area (TPSA) is 140 Å². The monoisotopic (exact) mass is 584 g/mol. The number of pyridine rings is 1. The predicted molar refractivity (Wildman–Crippen MR) is 139 cm³/mol. The zero-order valence-electron chi connectivity index (χ0n) is 22.3. The Morgan fingerprint density at radius 1 is 1.23 bits per heavy atom. The van der Waals surface area contributed by atoms with Crippen LogP contribution in [-0.2, 0) is 24.9 Å². The van der Waals surface area contributed by atoms with E-state index in [9.17, 15) is 32.8 Å². The van der Waals surface area contributed by atoms with E-state index in [4.69, 9.17) is 13.8 Å². The standard InChI is InChI=1S/C25H31F2N4O8P/c1-4-38-40(36,39-5-2)11-9-31-25(8-10-37-15-25)29(3)24(35)20-22(33)21(32)18(14-30(20)31)23(34)28-13-16-6-7-17(26)12-19(16)27/h6-7,12,14,33H,4-5,8-11,13,15H2,1-3H3,(H,28,34)/t25-/m0/s1. The molecule has 0 unspecified atom stereocenters. The normalized spacial score (nSPS) is 18.9. The van der Waals surface area contributed by atoms with Gasteiger partial charge in [0.15, 0.2) is 17.1 Å². The van der Waals surface area contributed by atoms with Crippen LogP contribution in [0.3, 0.4) is 0 Å². The molecule has 40 heavy (non-hydrogen) atoms. The number of hydrogen-bond acceptors (Lipinski definition) is 9. The van der Waals surface area contributed by atoms with Crippen LogP contribution < -0.4 is 15.8 Å². The van der Waals surface area contributed by atoms with Gasteiger partial charge < -0.3 is 29.1 Å². The van der Waals surface area contributed by atoms with Crippen LogP contribution in [0.5, 0.6) is 5.75 Å². The molecule has 1 saturated heterocycles. The Bertz CT molecular complexity index is 1400. The molecule has 0 bridgehead atoms. The number of aromatic nitrogens is 1. The zero-order valence-corrected chi connectivity index (χ0v) is 23.2. The van der Waals surface area contributed by atoms with Gasteiger partial charge in [0.1, 0.15) is 17.2 Å². The molecule has 4 rings (SSSR count). The number of fused-ring (bicyclic) bond motifs is 1. The lowest BCUT2D eigenvalue weighted by Gasteiger charge is -2.52. The van der Waals surface area contributed by atoms with E-state index in [0.29, 0.717) is 19.1 Å². The van der Waals surface area contributed by atoms with Gasteiger partial charge in [0.05, 0.1) is 32.6 Å². The predicted octanol–water partition coefficient (Wildman–Crippen LogP) is 2.17. The first-order chi connectivity index (χ1) is 19.0. The number of benzene rings is 1. The molecule has 218 valence electrons. The highest BCUT2D eigenvalue weighted by molar-refractivity contribution is 7.53. The molecule has 2 aromatic rings. The third kappa shape index (κ3) is 5.36. The van der Waals surface area contributed by atoms with Crippen molar-refractivity contribution in [3.05, 3.63) is 63.1 Å². The van der Waals surface area contributed by atoms with Crippen LogP contribution in [0.25, 0.3) is 0 Å². The maximum absolute atomic E-state index is 14.1. The summed E-state index contributed by atoms with van der Waals surface area (Å²) >= 11 is 0. The van der Waals surface area contributed by atoms with Gasteiger partial charge in [0.25, 0.3) is 11.8 Å². The van der Waals surface area contributed by atoms with Crippen molar-refractivity contribution >= 4 is 19.4 Å². The van der Waals surface area contributed by atoms with Crippen LogP contribution in [0.1, 0.15) is 46.7 Å². The number of amides is 2. The number of carbonyl (C=O) groups is 2. The first-order valence-corrected chi connectivity index (χ1v) is 14.4. The van der Waals surface area contributed by atoms with Gasteiger partial charge in [-0.1, -0.05) is 6.07 Å². The molecule has 0 radical (unpaired) electrons. The van der Waals surface area contributed by atoms with Crippen LogP contribution in [0.2, 0.25) is 0 Å². The van der Waals surface area contributed by atoms with Gasteiger partial charge in [-0.3, -0.25) is 28.6 Å². The fraction of sp³-hybridized carbons (Fsp3) is 0.480. The Balaban J connectivity index is 1.75. The SMILES string of the molecule is CCOP(=O)(CCN1n2cc(C(=O)NCc3ccc(F)cc3F)c(=O)c(O)c2C(=O)N(C)[C@@]12CCOC2)OCC. The van der Waals surface area contributed by atoms with E-state index in [0.717, 1.165) is 18.3 Å². The molecule has 2 amide bonds. The second kappa shape index (κ2) is 11.7. The minimum Gasteiger partial charge on any atom is -0.502 e. The molecule has 12 nitrogen and oxygen atoms in total. The van der Waals surface area contributed by atoms with Gasteiger partial charge in [-0.25, -0.2) is 8.78 Å². The van der Waals surface area contributed by atoms with E-state index in [-0.39, 0.29) is 44.6 Å². The summed E-state index contributed by atoms with van der Waals surface area (Å²) in [5.41, 5.74) is -3.16. The molecule has 1 fully saturated rings. The van der Waals surface area contributed by atoms with Gasteiger partial charge in [-0.2, -0.15) is 0 Å². The molecule has 0 aliphatic carbocycles. The minimum absolute atomic E-state index is 0.0277. The molecular weight excluding hydrogens is 553 g/mol. The van der Waals surface area contributed by atoms with Crippen molar-refractivity contribution in [3.8, 4) is 5.75 Å². The van der Waals surface area contributed by atoms with Crippen molar-refractivity contribution in [2.75, 3.05) is 51.2 Å². The zero-order chi connectivity index (χ0) is 29.2. The summed E-state index contributed by atoms with van der Waals surface area (Å²) in [6.45, 7) is 3.55. The summed E-state index contributed by atoms with van der Waals surface area (Å²) in [7, 11) is -2.06. The minimum atomic E-state index is -3.56. The lowest BCUT2D eigenvalue weighted by molar-refractivity contribution is 0.0306. The van der Waals surface area contributed by atoms with Crippen molar-refractivity contribution in [2.45, 2.75) is 32.5 Å². The summed E-state index contributed by atoms with van der Waals surface area (Å²) in [4.78, 5) is 40.8. The lowest BCUT2D eigenvalue weighted by atomic mass is 10.0. The fourth-order valence-corrected chi connectivity index (χ4v) is 6.46. The molecule has 3 heterocycles. The summed E-state index contributed by atoms with van der Waals surface area (Å²) < 4.78 is 58.2. The van der Waals surface area contributed by atoms with Crippen molar-refractivity contribution in [1.82, 2.24) is 14.9 Å². The number of aromatic hydroxyl groups is 1. The first kappa shape index (κ1) is 29.7. The highest BCUT2D eigenvalue weighted by Crippen LogP contribution is 2.48. The van der Waals surface area contributed by atoms with Crippen molar-refractivity contribution < 1.29 is 41.8 Å². The van der Waals surface area contributed by atoms with Crippen LogP contribution >= 0.6 is 7.60 Å². The van der Waals surface area contributed by atoms with Crippen LogP contribution in [0.15, 0.2) is 29.2 Å². The van der Waals surface area contributed by atoms with E-state index in [1.807, 2.05) is 0 Å². The molecule has 1 spiro atoms. The Morgan fingerprint density at radius 2 is 1.93 bits per heavy atom. The molecule has 1 atom stereocenters. The van der Waals surface area contributed by atoms with Crippen LogP contribution in [0.4, 0.5) is 8.78 Å². The highest BCUT2D eigenvalue weighted by atomic mass is 31.2. The van der Waals surface area contributed by atoms with Gasteiger partial charge in [-0.05, 0) is 19.9 Å². The molecule has 1 aromatic heterocycles. The van der Waals surface area contributed by atoms with Gasteiger partial charge in [-0.15, -0.1) is 0 Å². The molecule has 1 aromatic carbocycles. The Morgan fingerprint density at radius 3 is 2.52 bits per heavy atom. The first-order valence-electron chi connectivity index (χ1n) is 12.7. The van der Waals surface area contributed by atoms with Crippen molar-refractivity contribution in [1.29, 1.82) is 0 Å². The fourth-order valence-electron chi connectivity index (χ4n) is 4.90. The smallest absolute Gasteiger partial charge is 0.332 e. The highest BCUT2D eigenvalue weighted by Gasteiger charge is 2.52. The Hall–Kier alpha value is -3.32. The average Bonchev–Trinajstić information content (AvgIpc) is 3.39. The molecular formula is C25H31F2N4O8P. The maximum atomic E-state index is 14.1. The number of halogens is 2. The van der Waals surface area contributed by atoms with E-state index >= 15 is 0 Å². The Kier molecular flexibility index (Phi) is 8.64.